The first kappa shape index (κ1) is 23.7. The molecule has 2 nitrogen and oxygen atoms in total. The van der Waals surface area contributed by atoms with Crippen molar-refractivity contribution in [1.82, 2.24) is 10.6 Å². The number of rotatable bonds is 6. The van der Waals surface area contributed by atoms with E-state index in [-0.39, 0.29) is 10.8 Å². The van der Waals surface area contributed by atoms with Crippen LogP contribution in [0.4, 0.5) is 4.39 Å². The Bertz CT molecular complexity index is 1090. The summed E-state index contributed by atoms with van der Waals surface area (Å²) in [6.45, 7) is 1.76. The van der Waals surface area contributed by atoms with Gasteiger partial charge in [0.1, 0.15) is 5.82 Å². The van der Waals surface area contributed by atoms with Crippen LogP contribution >= 0.6 is 11.6 Å². The van der Waals surface area contributed by atoms with Gasteiger partial charge in [0.15, 0.2) is 0 Å². The number of hydrogen-bond donors (Lipinski definition) is 2. The van der Waals surface area contributed by atoms with Crippen molar-refractivity contribution in [1.29, 1.82) is 0 Å². The van der Waals surface area contributed by atoms with E-state index in [1.54, 1.807) is 12.1 Å². The minimum absolute atomic E-state index is 0.154. The molecule has 4 rings (SSSR count). The fourth-order valence-corrected chi connectivity index (χ4v) is 3.53. The molecule has 0 saturated carbocycles. The standard InChI is InChI=1S/C14H13ClFN.C14H15N/c1-17-9-10-2-4-11(5-3-10)12-6-7-14(16)13(15)8-12;1-15-11-12-7-9-14(10-8-12)13-5-3-2-4-6-13/h2-8,17H,9H2,1H3;2-10,15H,11H2,1H3. The summed E-state index contributed by atoms with van der Waals surface area (Å²) in [4.78, 5) is 0. The van der Waals surface area contributed by atoms with Gasteiger partial charge < -0.3 is 10.6 Å². The minimum atomic E-state index is -0.387. The maximum absolute atomic E-state index is 13.0. The highest BCUT2D eigenvalue weighted by Crippen LogP contribution is 2.25. The van der Waals surface area contributed by atoms with Crippen molar-refractivity contribution >= 4 is 11.6 Å². The van der Waals surface area contributed by atoms with Gasteiger partial charge in [0, 0.05) is 13.1 Å². The normalized spacial score (nSPS) is 10.4. The van der Waals surface area contributed by atoms with Gasteiger partial charge in [0.25, 0.3) is 0 Å². The summed E-state index contributed by atoms with van der Waals surface area (Å²) in [6.07, 6.45) is 0. The lowest BCUT2D eigenvalue weighted by Crippen LogP contribution is -2.04. The summed E-state index contributed by atoms with van der Waals surface area (Å²) in [5.74, 6) is -0.387. The van der Waals surface area contributed by atoms with E-state index in [9.17, 15) is 4.39 Å². The first-order valence-electron chi connectivity index (χ1n) is 10.6. The van der Waals surface area contributed by atoms with E-state index in [1.807, 2.05) is 44.4 Å². The summed E-state index contributed by atoms with van der Waals surface area (Å²) < 4.78 is 13.0. The SMILES string of the molecule is CNCc1ccc(-c2ccc(F)c(Cl)c2)cc1.CNCc1ccc(-c2ccccc2)cc1. The maximum Gasteiger partial charge on any atom is 0.141 e. The molecule has 0 heterocycles. The van der Waals surface area contributed by atoms with Crippen molar-refractivity contribution in [3.63, 3.8) is 0 Å². The third-order valence-corrected chi connectivity index (χ3v) is 5.32. The van der Waals surface area contributed by atoms with Gasteiger partial charge in [0.2, 0.25) is 0 Å². The predicted octanol–water partition coefficient (Wildman–Crippen LogP) is 6.94. The van der Waals surface area contributed by atoms with E-state index >= 15 is 0 Å². The van der Waals surface area contributed by atoms with Crippen molar-refractivity contribution in [2.75, 3.05) is 14.1 Å². The van der Waals surface area contributed by atoms with Gasteiger partial charge in [-0.2, -0.15) is 0 Å². The molecule has 0 amide bonds. The van der Waals surface area contributed by atoms with Crippen LogP contribution in [0.15, 0.2) is 97.1 Å². The quantitative estimate of drug-likeness (QED) is 0.335. The minimum Gasteiger partial charge on any atom is -0.316 e. The van der Waals surface area contributed by atoms with Crippen LogP contribution in [-0.4, -0.2) is 14.1 Å². The van der Waals surface area contributed by atoms with Crippen LogP contribution in [0.1, 0.15) is 11.1 Å². The monoisotopic (exact) mass is 446 g/mol. The Hall–Kier alpha value is -2.98. The van der Waals surface area contributed by atoms with Gasteiger partial charge in [-0.05, 0) is 59.6 Å². The zero-order chi connectivity index (χ0) is 22.8. The van der Waals surface area contributed by atoms with Crippen LogP contribution in [0.5, 0.6) is 0 Å². The highest BCUT2D eigenvalue weighted by Gasteiger charge is 2.03. The Morgan fingerprint density at radius 1 is 0.594 bits per heavy atom. The number of hydrogen-bond acceptors (Lipinski definition) is 2. The van der Waals surface area contributed by atoms with Crippen LogP contribution in [0.25, 0.3) is 22.3 Å². The molecule has 0 aliphatic carbocycles. The lowest BCUT2D eigenvalue weighted by Gasteiger charge is -2.05. The summed E-state index contributed by atoms with van der Waals surface area (Å²) in [5, 5.41) is 6.39. The topological polar surface area (TPSA) is 24.1 Å². The summed E-state index contributed by atoms with van der Waals surface area (Å²) in [7, 11) is 3.87. The molecule has 32 heavy (non-hydrogen) atoms. The molecule has 4 aromatic carbocycles. The highest BCUT2D eigenvalue weighted by molar-refractivity contribution is 6.31. The Morgan fingerprint density at radius 2 is 1.03 bits per heavy atom. The summed E-state index contributed by atoms with van der Waals surface area (Å²) in [5.41, 5.74) is 7.03. The molecule has 0 bridgehead atoms. The average Bonchev–Trinajstić information content (AvgIpc) is 2.83. The van der Waals surface area contributed by atoms with Crippen molar-refractivity contribution in [3.05, 3.63) is 119 Å². The molecule has 0 spiro atoms. The molecule has 0 unspecified atom stereocenters. The lowest BCUT2D eigenvalue weighted by molar-refractivity contribution is 0.628. The molecule has 0 atom stereocenters. The molecular formula is C28H28ClFN2. The van der Waals surface area contributed by atoms with Gasteiger partial charge in [-0.25, -0.2) is 4.39 Å². The molecule has 0 fully saturated rings. The molecule has 0 aliphatic heterocycles. The van der Waals surface area contributed by atoms with Gasteiger partial charge in [-0.1, -0.05) is 96.5 Å². The van der Waals surface area contributed by atoms with Crippen molar-refractivity contribution in [2.45, 2.75) is 13.1 Å². The summed E-state index contributed by atoms with van der Waals surface area (Å²) in [6, 6.07) is 32.0. The van der Waals surface area contributed by atoms with E-state index in [2.05, 4.69) is 59.2 Å². The zero-order valence-electron chi connectivity index (χ0n) is 18.4. The molecule has 0 radical (unpaired) electrons. The molecular weight excluding hydrogens is 419 g/mol. The third-order valence-electron chi connectivity index (χ3n) is 5.03. The van der Waals surface area contributed by atoms with Gasteiger partial charge >= 0.3 is 0 Å². The first-order valence-corrected chi connectivity index (χ1v) is 11.0. The second-order valence-corrected chi connectivity index (χ2v) is 7.86. The summed E-state index contributed by atoms with van der Waals surface area (Å²) >= 11 is 5.76. The highest BCUT2D eigenvalue weighted by atomic mass is 35.5. The molecule has 0 saturated heterocycles. The zero-order valence-corrected chi connectivity index (χ0v) is 19.2. The van der Waals surface area contributed by atoms with Crippen LogP contribution in [0, 0.1) is 5.82 Å². The Kier molecular flexibility index (Phi) is 9.00. The molecule has 0 aromatic heterocycles. The van der Waals surface area contributed by atoms with Crippen molar-refractivity contribution in [3.8, 4) is 22.3 Å². The Morgan fingerprint density at radius 3 is 1.50 bits per heavy atom. The molecule has 164 valence electrons. The lowest BCUT2D eigenvalue weighted by atomic mass is 10.0. The van der Waals surface area contributed by atoms with Crippen LogP contribution in [-0.2, 0) is 13.1 Å². The smallest absolute Gasteiger partial charge is 0.141 e. The largest absolute Gasteiger partial charge is 0.316 e. The maximum atomic E-state index is 13.0. The van der Waals surface area contributed by atoms with Crippen molar-refractivity contribution < 1.29 is 4.39 Å². The molecule has 2 N–H and O–H groups in total. The second kappa shape index (κ2) is 12.2. The van der Waals surface area contributed by atoms with Crippen molar-refractivity contribution in [2.24, 2.45) is 0 Å². The van der Waals surface area contributed by atoms with Crippen LogP contribution in [0.3, 0.4) is 0 Å². The van der Waals surface area contributed by atoms with Crippen LogP contribution < -0.4 is 10.6 Å². The Balaban J connectivity index is 0.000000182. The second-order valence-electron chi connectivity index (χ2n) is 7.45. The molecule has 4 aromatic rings. The molecule has 0 aliphatic rings. The fraction of sp³-hybridized carbons (Fsp3) is 0.143. The predicted molar refractivity (Wildman–Crippen MR) is 134 cm³/mol. The van der Waals surface area contributed by atoms with Gasteiger partial charge in [-0.3, -0.25) is 0 Å². The van der Waals surface area contributed by atoms with Gasteiger partial charge in [-0.15, -0.1) is 0 Å². The Labute approximate surface area is 195 Å². The van der Waals surface area contributed by atoms with E-state index in [0.29, 0.717) is 0 Å². The average molecular weight is 447 g/mol. The number of nitrogens with one attached hydrogen (secondary N) is 2. The van der Waals surface area contributed by atoms with Crippen LogP contribution in [0.2, 0.25) is 5.02 Å². The van der Waals surface area contributed by atoms with E-state index < -0.39 is 0 Å². The number of benzene rings is 4. The van der Waals surface area contributed by atoms with E-state index in [0.717, 1.165) is 24.2 Å². The van der Waals surface area contributed by atoms with Gasteiger partial charge in [0.05, 0.1) is 5.02 Å². The third kappa shape index (κ3) is 6.76. The van der Waals surface area contributed by atoms with E-state index in [4.69, 9.17) is 11.6 Å². The van der Waals surface area contributed by atoms with E-state index in [1.165, 1.54) is 28.3 Å². The number of halogens is 2. The molecule has 4 heteroatoms. The fourth-order valence-electron chi connectivity index (χ4n) is 3.34. The first-order chi connectivity index (χ1) is 15.6.